The van der Waals surface area contributed by atoms with Crippen molar-refractivity contribution in [3.63, 3.8) is 0 Å². The van der Waals surface area contributed by atoms with Gasteiger partial charge in [-0.05, 0) is 46.8 Å². The fraction of sp³-hybridized carbons (Fsp3) is 0.692. The van der Waals surface area contributed by atoms with Crippen LogP contribution in [0.3, 0.4) is 0 Å². The summed E-state index contributed by atoms with van der Waals surface area (Å²) in [7, 11) is 0. The Morgan fingerprint density at radius 3 is 2.69 bits per heavy atom. The van der Waals surface area contributed by atoms with Gasteiger partial charge in [-0.2, -0.15) is 0 Å². The average Bonchev–Trinajstić information content (AvgIpc) is 2.61. The normalized spacial score (nSPS) is 19.9. The van der Waals surface area contributed by atoms with E-state index in [2.05, 4.69) is 28.9 Å². The predicted octanol–water partition coefficient (Wildman–Crippen LogP) is 4.79. The van der Waals surface area contributed by atoms with Crippen LogP contribution in [-0.4, -0.2) is 0 Å². The molecule has 0 radical (unpaired) electrons. The lowest BCUT2D eigenvalue weighted by molar-refractivity contribution is 0.320. The zero-order valence-corrected chi connectivity index (χ0v) is 12.2. The molecule has 1 heterocycles. The molecule has 1 aromatic rings. The van der Waals surface area contributed by atoms with Crippen molar-refractivity contribution in [3.8, 4) is 0 Å². The standard InChI is InChI=1S/C13H20BrNS/c1-9-7-12(16-13(9)14)11(15)8-10-5-3-2-4-6-10/h7,10-11H,2-6,8,15H2,1H3. The highest BCUT2D eigenvalue weighted by Gasteiger charge is 2.19. The van der Waals surface area contributed by atoms with Crippen LogP contribution in [0.25, 0.3) is 0 Å². The Morgan fingerprint density at radius 2 is 2.12 bits per heavy atom. The maximum Gasteiger partial charge on any atom is 0.0731 e. The quantitative estimate of drug-likeness (QED) is 0.853. The van der Waals surface area contributed by atoms with Gasteiger partial charge in [0, 0.05) is 10.9 Å². The van der Waals surface area contributed by atoms with E-state index in [1.807, 2.05) is 0 Å². The maximum atomic E-state index is 6.30. The molecule has 1 fully saturated rings. The Hall–Kier alpha value is 0.140. The van der Waals surface area contributed by atoms with Crippen LogP contribution < -0.4 is 5.73 Å². The Morgan fingerprint density at radius 1 is 1.44 bits per heavy atom. The number of hydrogen-bond donors (Lipinski definition) is 1. The van der Waals surface area contributed by atoms with Crippen LogP contribution in [-0.2, 0) is 0 Å². The number of halogens is 1. The first-order valence-electron chi connectivity index (χ1n) is 6.18. The van der Waals surface area contributed by atoms with E-state index >= 15 is 0 Å². The Bertz CT molecular complexity index is 322. The van der Waals surface area contributed by atoms with Crippen molar-refractivity contribution in [2.45, 2.75) is 51.5 Å². The molecule has 3 heteroatoms. The number of aryl methyl sites for hydroxylation is 1. The molecule has 0 bridgehead atoms. The van der Waals surface area contributed by atoms with Gasteiger partial charge in [0.05, 0.1) is 3.79 Å². The van der Waals surface area contributed by atoms with Crippen molar-refractivity contribution in [1.82, 2.24) is 0 Å². The maximum absolute atomic E-state index is 6.30. The molecule has 0 aromatic carbocycles. The van der Waals surface area contributed by atoms with Crippen molar-refractivity contribution in [3.05, 3.63) is 20.3 Å². The molecule has 2 N–H and O–H groups in total. The van der Waals surface area contributed by atoms with Crippen molar-refractivity contribution in [2.75, 3.05) is 0 Å². The molecule has 1 saturated carbocycles. The summed E-state index contributed by atoms with van der Waals surface area (Å²) < 4.78 is 1.24. The van der Waals surface area contributed by atoms with Gasteiger partial charge in [-0.3, -0.25) is 0 Å². The summed E-state index contributed by atoms with van der Waals surface area (Å²) in [6.07, 6.45) is 8.19. The molecule has 1 nitrogen and oxygen atoms in total. The second kappa shape index (κ2) is 5.65. The first-order valence-corrected chi connectivity index (χ1v) is 7.79. The monoisotopic (exact) mass is 301 g/mol. The van der Waals surface area contributed by atoms with Gasteiger partial charge >= 0.3 is 0 Å². The fourth-order valence-corrected chi connectivity index (χ4v) is 4.15. The topological polar surface area (TPSA) is 26.0 Å². The molecule has 1 aromatic heterocycles. The lowest BCUT2D eigenvalue weighted by Gasteiger charge is -2.24. The minimum Gasteiger partial charge on any atom is -0.323 e. The van der Waals surface area contributed by atoms with Gasteiger partial charge in [-0.1, -0.05) is 32.1 Å². The summed E-state index contributed by atoms with van der Waals surface area (Å²) in [6.45, 7) is 2.14. The zero-order valence-electron chi connectivity index (χ0n) is 9.84. The lowest BCUT2D eigenvalue weighted by Crippen LogP contribution is -2.16. The van der Waals surface area contributed by atoms with E-state index in [4.69, 9.17) is 5.73 Å². The Kier molecular flexibility index (Phi) is 4.45. The summed E-state index contributed by atoms with van der Waals surface area (Å²) >= 11 is 5.38. The molecule has 1 aliphatic rings. The average molecular weight is 302 g/mol. The summed E-state index contributed by atoms with van der Waals surface area (Å²) in [5, 5.41) is 0. The number of nitrogens with two attached hydrogens (primary N) is 1. The SMILES string of the molecule is Cc1cc(C(N)CC2CCCCC2)sc1Br. The van der Waals surface area contributed by atoms with Crippen LogP contribution in [0.2, 0.25) is 0 Å². The van der Waals surface area contributed by atoms with E-state index in [-0.39, 0.29) is 6.04 Å². The highest BCUT2D eigenvalue weighted by molar-refractivity contribution is 9.11. The minimum atomic E-state index is 0.248. The van der Waals surface area contributed by atoms with Gasteiger partial charge in [0.1, 0.15) is 0 Å². The van der Waals surface area contributed by atoms with Gasteiger partial charge in [0.25, 0.3) is 0 Å². The second-order valence-electron chi connectivity index (χ2n) is 4.95. The van der Waals surface area contributed by atoms with Crippen molar-refractivity contribution >= 4 is 27.3 Å². The number of rotatable bonds is 3. The van der Waals surface area contributed by atoms with Crippen LogP contribution in [0, 0.1) is 12.8 Å². The molecule has 90 valence electrons. The van der Waals surface area contributed by atoms with E-state index in [0.717, 1.165) is 5.92 Å². The van der Waals surface area contributed by atoms with Crippen LogP contribution in [0.15, 0.2) is 9.85 Å². The van der Waals surface area contributed by atoms with Gasteiger partial charge in [-0.25, -0.2) is 0 Å². The molecule has 0 saturated heterocycles. The van der Waals surface area contributed by atoms with Crippen molar-refractivity contribution in [2.24, 2.45) is 11.7 Å². The molecule has 2 rings (SSSR count). The van der Waals surface area contributed by atoms with Crippen molar-refractivity contribution in [1.29, 1.82) is 0 Å². The summed E-state index contributed by atoms with van der Waals surface area (Å²) in [6, 6.07) is 2.49. The van der Waals surface area contributed by atoms with E-state index in [1.165, 1.54) is 52.8 Å². The third-order valence-electron chi connectivity index (χ3n) is 3.55. The Labute approximate surface area is 111 Å². The van der Waals surface area contributed by atoms with Crippen molar-refractivity contribution < 1.29 is 0 Å². The predicted molar refractivity (Wildman–Crippen MR) is 74.9 cm³/mol. The lowest BCUT2D eigenvalue weighted by atomic mass is 9.85. The number of thiophene rings is 1. The highest BCUT2D eigenvalue weighted by atomic mass is 79.9. The summed E-state index contributed by atoms with van der Waals surface area (Å²) in [4.78, 5) is 1.34. The van der Waals surface area contributed by atoms with E-state index in [9.17, 15) is 0 Å². The highest BCUT2D eigenvalue weighted by Crippen LogP contribution is 2.35. The molecule has 16 heavy (non-hydrogen) atoms. The molecule has 1 unspecified atom stereocenters. The van der Waals surface area contributed by atoms with Crippen LogP contribution in [0.4, 0.5) is 0 Å². The summed E-state index contributed by atoms with van der Waals surface area (Å²) in [5.74, 6) is 0.866. The third kappa shape index (κ3) is 3.08. The number of hydrogen-bond acceptors (Lipinski definition) is 2. The van der Waals surface area contributed by atoms with Gasteiger partial charge in [0.2, 0.25) is 0 Å². The van der Waals surface area contributed by atoms with Crippen LogP contribution in [0.5, 0.6) is 0 Å². The van der Waals surface area contributed by atoms with Crippen LogP contribution in [0.1, 0.15) is 55.0 Å². The minimum absolute atomic E-state index is 0.248. The van der Waals surface area contributed by atoms with Crippen LogP contribution >= 0.6 is 27.3 Å². The van der Waals surface area contributed by atoms with Gasteiger partial charge in [-0.15, -0.1) is 11.3 Å². The van der Waals surface area contributed by atoms with E-state index < -0.39 is 0 Å². The second-order valence-corrected chi connectivity index (χ2v) is 7.35. The van der Waals surface area contributed by atoms with Gasteiger partial charge in [0.15, 0.2) is 0 Å². The molecule has 1 aliphatic carbocycles. The molecule has 0 spiro atoms. The first-order chi connectivity index (χ1) is 7.66. The summed E-state index contributed by atoms with van der Waals surface area (Å²) in [5.41, 5.74) is 7.62. The first kappa shape index (κ1) is 12.6. The zero-order chi connectivity index (χ0) is 11.5. The largest absolute Gasteiger partial charge is 0.323 e. The molecular formula is C13H20BrNS. The molecular weight excluding hydrogens is 282 g/mol. The molecule has 0 aliphatic heterocycles. The van der Waals surface area contributed by atoms with E-state index in [0.29, 0.717) is 0 Å². The van der Waals surface area contributed by atoms with E-state index in [1.54, 1.807) is 11.3 Å². The fourth-order valence-electron chi connectivity index (χ4n) is 2.56. The smallest absolute Gasteiger partial charge is 0.0731 e. The van der Waals surface area contributed by atoms with Gasteiger partial charge < -0.3 is 5.73 Å². The molecule has 1 atom stereocenters. The molecule has 0 amide bonds. The third-order valence-corrected chi connectivity index (χ3v) is 5.82. The Balaban J connectivity index is 1.93.